The molecule has 2 aromatic rings. The van der Waals surface area contributed by atoms with Gasteiger partial charge in [0.1, 0.15) is 5.58 Å². The van der Waals surface area contributed by atoms with Gasteiger partial charge in [0, 0.05) is 10.9 Å². The molecule has 0 bridgehead atoms. The van der Waals surface area contributed by atoms with Crippen molar-refractivity contribution in [3.63, 3.8) is 0 Å². The molecular weight excluding hydrogens is 288 g/mol. The fourth-order valence-corrected chi connectivity index (χ4v) is 2.57. The van der Waals surface area contributed by atoms with Gasteiger partial charge in [0.25, 0.3) is 0 Å². The van der Waals surface area contributed by atoms with Crippen molar-refractivity contribution >= 4 is 11.0 Å². The summed E-state index contributed by atoms with van der Waals surface area (Å²) in [6, 6.07) is 7.58. The number of hydrogen-bond donors (Lipinski definition) is 0. The topological polar surface area (TPSA) is 39.4 Å². The summed E-state index contributed by atoms with van der Waals surface area (Å²) in [4.78, 5) is 12.1. The van der Waals surface area contributed by atoms with Crippen molar-refractivity contribution in [1.29, 1.82) is 0 Å². The molecule has 0 aliphatic heterocycles. The third kappa shape index (κ3) is 4.35. The van der Waals surface area contributed by atoms with Gasteiger partial charge in [-0.25, -0.2) is 4.79 Å². The van der Waals surface area contributed by atoms with E-state index in [1.165, 1.54) is 18.3 Å². The van der Waals surface area contributed by atoms with E-state index < -0.39 is 5.63 Å². The summed E-state index contributed by atoms with van der Waals surface area (Å²) in [5, 5.41) is 0.928. The highest BCUT2D eigenvalue weighted by molar-refractivity contribution is 5.82. The van der Waals surface area contributed by atoms with Crippen LogP contribution < -0.4 is 10.4 Å². The van der Waals surface area contributed by atoms with Crippen LogP contribution in [0.3, 0.4) is 0 Å². The minimum Gasteiger partial charge on any atom is -0.490 e. The Balaban J connectivity index is 2.31. The third-order valence-electron chi connectivity index (χ3n) is 3.82. The highest BCUT2D eigenvalue weighted by Gasteiger charge is 2.13. The van der Waals surface area contributed by atoms with Gasteiger partial charge >= 0.3 is 5.63 Å². The zero-order chi connectivity index (χ0) is 16.8. The minimum atomic E-state index is -0.420. The molecule has 1 heterocycles. The summed E-state index contributed by atoms with van der Waals surface area (Å²) in [5.41, 5.74) is 3.72. The quantitative estimate of drug-likeness (QED) is 0.554. The van der Waals surface area contributed by atoms with Crippen molar-refractivity contribution in [1.82, 2.24) is 0 Å². The van der Waals surface area contributed by atoms with E-state index in [4.69, 9.17) is 9.15 Å². The third-order valence-corrected chi connectivity index (χ3v) is 3.82. The Bertz CT molecular complexity index is 790. The first-order chi connectivity index (χ1) is 11.0. The Kier molecular flexibility index (Phi) is 5.80. The Labute approximate surface area is 137 Å². The molecule has 0 unspecified atom stereocenters. The smallest absolute Gasteiger partial charge is 0.379 e. The molecule has 1 aromatic heterocycles. The molecular formula is C20H24O3. The Morgan fingerprint density at radius 2 is 1.91 bits per heavy atom. The van der Waals surface area contributed by atoms with Gasteiger partial charge < -0.3 is 9.15 Å². The van der Waals surface area contributed by atoms with E-state index >= 15 is 0 Å². The van der Waals surface area contributed by atoms with Gasteiger partial charge in [-0.3, -0.25) is 0 Å². The lowest BCUT2D eigenvalue weighted by Gasteiger charge is -2.09. The monoisotopic (exact) mass is 312 g/mol. The summed E-state index contributed by atoms with van der Waals surface area (Å²) in [6.07, 6.45) is 7.13. The van der Waals surface area contributed by atoms with Gasteiger partial charge in [-0.05, 0) is 46.1 Å². The van der Waals surface area contributed by atoms with E-state index in [2.05, 4.69) is 32.9 Å². The van der Waals surface area contributed by atoms with Crippen LogP contribution in [0.15, 0.2) is 56.8 Å². The molecule has 0 aliphatic carbocycles. The van der Waals surface area contributed by atoms with Crippen LogP contribution in [0.1, 0.15) is 39.2 Å². The molecule has 23 heavy (non-hydrogen) atoms. The van der Waals surface area contributed by atoms with Crippen LogP contribution in [-0.2, 0) is 6.42 Å². The number of para-hydroxylation sites is 1. The SMILES string of the molecule is COc1c(C/C=C(\C)CCC=C(C)C)c2ccccc2oc1=O. The average Bonchev–Trinajstić information content (AvgIpc) is 2.51. The van der Waals surface area contributed by atoms with Gasteiger partial charge in [-0.15, -0.1) is 0 Å². The van der Waals surface area contributed by atoms with Crippen molar-refractivity contribution in [2.75, 3.05) is 7.11 Å². The predicted octanol–water partition coefficient (Wildman–Crippen LogP) is 5.04. The maximum atomic E-state index is 12.1. The number of ether oxygens (including phenoxy) is 1. The maximum absolute atomic E-state index is 12.1. The lowest BCUT2D eigenvalue weighted by Crippen LogP contribution is -2.08. The standard InChI is InChI=1S/C20H24O3/c1-14(2)8-7-9-15(3)12-13-17-16-10-5-6-11-18(16)23-20(21)19(17)22-4/h5-6,8,10-12H,7,9,13H2,1-4H3/b15-12+. The van der Waals surface area contributed by atoms with E-state index in [0.29, 0.717) is 17.8 Å². The lowest BCUT2D eigenvalue weighted by molar-refractivity contribution is 0.381. The molecule has 122 valence electrons. The molecule has 0 aliphatic rings. The summed E-state index contributed by atoms with van der Waals surface area (Å²) in [7, 11) is 1.51. The van der Waals surface area contributed by atoms with Crippen LogP contribution in [0.5, 0.6) is 5.75 Å². The molecule has 3 nitrogen and oxygen atoms in total. The van der Waals surface area contributed by atoms with Crippen molar-refractivity contribution in [2.24, 2.45) is 0 Å². The minimum absolute atomic E-state index is 0.303. The van der Waals surface area contributed by atoms with Crippen LogP contribution in [0.25, 0.3) is 11.0 Å². The number of allylic oxidation sites excluding steroid dienone is 4. The first-order valence-electron chi connectivity index (χ1n) is 7.90. The van der Waals surface area contributed by atoms with Crippen molar-refractivity contribution in [2.45, 2.75) is 40.0 Å². The molecule has 0 saturated carbocycles. The highest BCUT2D eigenvalue weighted by Crippen LogP contribution is 2.25. The molecule has 0 fully saturated rings. The second-order valence-corrected chi connectivity index (χ2v) is 5.97. The fraction of sp³-hybridized carbons (Fsp3) is 0.350. The Morgan fingerprint density at radius 3 is 2.61 bits per heavy atom. The number of methoxy groups -OCH3 is 1. The van der Waals surface area contributed by atoms with Gasteiger partial charge in [-0.1, -0.05) is 41.5 Å². The number of rotatable bonds is 6. The van der Waals surface area contributed by atoms with Crippen LogP contribution in [-0.4, -0.2) is 7.11 Å². The molecule has 0 saturated heterocycles. The first-order valence-corrected chi connectivity index (χ1v) is 7.90. The lowest BCUT2D eigenvalue weighted by atomic mass is 10.0. The molecule has 0 N–H and O–H groups in total. The van der Waals surface area contributed by atoms with Crippen molar-refractivity contribution in [3.8, 4) is 5.75 Å². The van der Waals surface area contributed by atoms with Gasteiger partial charge in [0.2, 0.25) is 5.75 Å². The van der Waals surface area contributed by atoms with Gasteiger partial charge in [0.15, 0.2) is 0 Å². The highest BCUT2D eigenvalue weighted by atomic mass is 16.5. The number of hydrogen-bond acceptors (Lipinski definition) is 3. The van der Waals surface area contributed by atoms with Gasteiger partial charge in [0.05, 0.1) is 7.11 Å². The van der Waals surface area contributed by atoms with E-state index in [0.717, 1.165) is 23.8 Å². The second-order valence-electron chi connectivity index (χ2n) is 5.97. The zero-order valence-corrected chi connectivity index (χ0v) is 14.3. The number of benzene rings is 1. The summed E-state index contributed by atoms with van der Waals surface area (Å²) in [6.45, 7) is 6.34. The van der Waals surface area contributed by atoms with Crippen molar-refractivity contribution < 1.29 is 9.15 Å². The molecule has 0 spiro atoms. The largest absolute Gasteiger partial charge is 0.490 e. The second kappa shape index (κ2) is 7.82. The Hall–Kier alpha value is -2.29. The van der Waals surface area contributed by atoms with Crippen LogP contribution >= 0.6 is 0 Å². The maximum Gasteiger partial charge on any atom is 0.379 e. The predicted molar refractivity (Wildman–Crippen MR) is 95.2 cm³/mol. The molecule has 1 aromatic carbocycles. The summed E-state index contributed by atoms with van der Waals surface area (Å²) >= 11 is 0. The fourth-order valence-electron chi connectivity index (χ4n) is 2.57. The molecule has 3 heteroatoms. The zero-order valence-electron chi connectivity index (χ0n) is 14.3. The molecule has 0 atom stereocenters. The van der Waals surface area contributed by atoms with Gasteiger partial charge in [-0.2, -0.15) is 0 Å². The van der Waals surface area contributed by atoms with E-state index in [9.17, 15) is 4.79 Å². The Morgan fingerprint density at radius 1 is 1.17 bits per heavy atom. The summed E-state index contributed by atoms with van der Waals surface area (Å²) in [5.74, 6) is 0.303. The number of fused-ring (bicyclic) bond motifs is 1. The average molecular weight is 312 g/mol. The van der Waals surface area contributed by atoms with E-state index in [1.54, 1.807) is 0 Å². The normalized spacial score (nSPS) is 11.6. The molecule has 0 amide bonds. The molecule has 2 rings (SSSR count). The molecule has 0 radical (unpaired) electrons. The van der Waals surface area contributed by atoms with E-state index in [1.807, 2.05) is 24.3 Å². The van der Waals surface area contributed by atoms with Crippen LogP contribution in [0.4, 0.5) is 0 Å². The van der Waals surface area contributed by atoms with Crippen LogP contribution in [0.2, 0.25) is 0 Å². The van der Waals surface area contributed by atoms with Crippen LogP contribution in [0, 0.1) is 0 Å². The first kappa shape index (κ1) is 17.1. The van der Waals surface area contributed by atoms with E-state index in [-0.39, 0.29) is 0 Å². The van der Waals surface area contributed by atoms with Crippen molar-refractivity contribution in [3.05, 3.63) is 63.5 Å². The summed E-state index contributed by atoms with van der Waals surface area (Å²) < 4.78 is 10.6.